The largest absolute Gasteiger partial charge is 0.481 e. The van der Waals surface area contributed by atoms with E-state index in [1.807, 2.05) is 0 Å². The molecule has 0 aromatic rings. The molecule has 3 fully saturated rings. The van der Waals surface area contributed by atoms with E-state index in [-0.39, 0.29) is 30.8 Å². The fraction of sp³-hybridized carbons (Fsp3) is 0.850. The van der Waals surface area contributed by atoms with E-state index < -0.39 is 16.8 Å². The van der Waals surface area contributed by atoms with Crippen molar-refractivity contribution in [3.63, 3.8) is 0 Å². The summed E-state index contributed by atoms with van der Waals surface area (Å²) in [6.07, 6.45) is 12.3. The highest BCUT2D eigenvalue weighted by Crippen LogP contribution is 2.55. The van der Waals surface area contributed by atoms with Crippen LogP contribution in [-0.4, -0.2) is 51.2 Å². The van der Waals surface area contributed by atoms with Gasteiger partial charge in [0.15, 0.2) is 0 Å². The van der Waals surface area contributed by atoms with Crippen LogP contribution in [0, 0.1) is 11.8 Å². The number of hydrogen-bond acceptors (Lipinski definition) is 4. The number of carboxylic acids is 1. The molecule has 5 nitrogen and oxygen atoms in total. The van der Waals surface area contributed by atoms with Crippen molar-refractivity contribution in [3.8, 4) is 0 Å². The van der Waals surface area contributed by atoms with E-state index in [0.717, 1.165) is 30.8 Å². The Morgan fingerprint density at radius 1 is 1.00 bits per heavy atom. The average Bonchev–Trinajstić information content (AvgIpc) is 3.24. The Bertz CT molecular complexity index is 534. The lowest BCUT2D eigenvalue weighted by atomic mass is 9.78. The van der Waals surface area contributed by atoms with Crippen LogP contribution < -0.4 is 0 Å². The summed E-state index contributed by atoms with van der Waals surface area (Å²) in [5.74, 6) is 1.52. The van der Waals surface area contributed by atoms with Crippen LogP contribution in [0.5, 0.6) is 0 Å². The Labute approximate surface area is 159 Å². The summed E-state index contributed by atoms with van der Waals surface area (Å²) in [6, 6.07) is 0. The van der Waals surface area contributed by atoms with Gasteiger partial charge in [0.2, 0.25) is 0 Å². The van der Waals surface area contributed by atoms with Crippen LogP contribution in [0.2, 0.25) is 0 Å². The highest BCUT2D eigenvalue weighted by Gasteiger charge is 2.68. The Hall–Kier alpha value is -0.720. The number of fused-ring (bicyclic) bond motifs is 5. The first kappa shape index (κ1) is 20.0. The van der Waals surface area contributed by atoms with E-state index in [2.05, 4.69) is 19.1 Å². The van der Waals surface area contributed by atoms with E-state index >= 15 is 0 Å². The zero-order valence-corrected chi connectivity index (χ0v) is 16.5. The SMILES string of the molecule is CCCCCCS(=O)C[C@H]1[C@@H](CC=CCCCC(=O)O)[C@@H]2O[C@H]1[C@@H]1O[C@@H]12. The maximum absolute atomic E-state index is 12.5. The van der Waals surface area contributed by atoms with Gasteiger partial charge in [-0.15, -0.1) is 0 Å². The maximum atomic E-state index is 12.5. The number of epoxide rings is 1. The number of rotatable bonds is 13. The molecule has 0 saturated carbocycles. The lowest BCUT2D eigenvalue weighted by Crippen LogP contribution is -2.36. The molecule has 7 atom stereocenters. The molecule has 3 rings (SSSR count). The predicted octanol–water partition coefficient (Wildman–Crippen LogP) is 3.30. The normalized spacial score (nSPS) is 35.7. The molecule has 2 bridgehead atoms. The number of unbranched alkanes of at least 4 members (excludes halogenated alkanes) is 4. The van der Waals surface area contributed by atoms with Gasteiger partial charge in [-0.2, -0.15) is 0 Å². The van der Waals surface area contributed by atoms with Crippen molar-refractivity contribution in [2.45, 2.75) is 82.7 Å². The van der Waals surface area contributed by atoms with Crippen LogP contribution in [0.25, 0.3) is 0 Å². The Balaban J connectivity index is 1.45. The molecule has 3 heterocycles. The van der Waals surface area contributed by atoms with Crippen molar-refractivity contribution < 1.29 is 23.6 Å². The van der Waals surface area contributed by atoms with Crippen molar-refractivity contribution in [1.29, 1.82) is 0 Å². The van der Waals surface area contributed by atoms with Gasteiger partial charge in [0, 0.05) is 34.6 Å². The third-order valence-corrected chi connectivity index (χ3v) is 7.36. The third kappa shape index (κ3) is 4.96. The number of carboxylic acid groups (broad SMARTS) is 1. The Morgan fingerprint density at radius 2 is 1.73 bits per heavy atom. The first-order valence-electron chi connectivity index (χ1n) is 10.1. The van der Waals surface area contributed by atoms with E-state index in [0.29, 0.717) is 18.3 Å². The van der Waals surface area contributed by atoms with Crippen molar-refractivity contribution >= 4 is 16.8 Å². The molecule has 3 saturated heterocycles. The van der Waals surface area contributed by atoms with Gasteiger partial charge in [-0.3, -0.25) is 9.00 Å². The number of hydrogen-bond donors (Lipinski definition) is 1. The molecule has 0 aromatic heterocycles. The van der Waals surface area contributed by atoms with Crippen LogP contribution in [-0.2, 0) is 25.1 Å². The summed E-state index contributed by atoms with van der Waals surface area (Å²) in [4.78, 5) is 10.5. The number of ether oxygens (including phenoxy) is 2. The summed E-state index contributed by atoms with van der Waals surface area (Å²) >= 11 is 0. The minimum absolute atomic E-state index is 0.134. The molecule has 148 valence electrons. The summed E-state index contributed by atoms with van der Waals surface area (Å²) in [6.45, 7) is 2.19. The second-order valence-corrected chi connectivity index (χ2v) is 9.44. The summed E-state index contributed by atoms with van der Waals surface area (Å²) in [7, 11) is -0.773. The van der Waals surface area contributed by atoms with E-state index in [1.165, 1.54) is 19.3 Å². The van der Waals surface area contributed by atoms with Gasteiger partial charge >= 0.3 is 5.97 Å². The quantitative estimate of drug-likeness (QED) is 0.299. The molecule has 26 heavy (non-hydrogen) atoms. The van der Waals surface area contributed by atoms with E-state index in [4.69, 9.17) is 14.6 Å². The minimum atomic E-state index is -0.773. The van der Waals surface area contributed by atoms with E-state index in [1.54, 1.807) is 0 Å². The lowest BCUT2D eigenvalue weighted by molar-refractivity contribution is -0.137. The van der Waals surface area contributed by atoms with Crippen LogP contribution in [0.4, 0.5) is 0 Å². The van der Waals surface area contributed by atoms with Gasteiger partial charge in [-0.05, 0) is 31.6 Å². The summed E-state index contributed by atoms with van der Waals surface area (Å²) < 4.78 is 24.4. The predicted molar refractivity (Wildman–Crippen MR) is 102 cm³/mol. The van der Waals surface area contributed by atoms with Crippen molar-refractivity contribution in [3.05, 3.63) is 12.2 Å². The van der Waals surface area contributed by atoms with Crippen LogP contribution in [0.3, 0.4) is 0 Å². The maximum Gasteiger partial charge on any atom is 0.303 e. The van der Waals surface area contributed by atoms with Gasteiger partial charge in [0.1, 0.15) is 12.2 Å². The number of carbonyl (C=O) groups is 1. The van der Waals surface area contributed by atoms with Crippen molar-refractivity contribution in [2.24, 2.45) is 11.8 Å². The smallest absolute Gasteiger partial charge is 0.303 e. The first-order valence-corrected chi connectivity index (χ1v) is 11.6. The molecular weight excluding hydrogens is 352 g/mol. The molecule has 0 spiro atoms. The minimum Gasteiger partial charge on any atom is -0.481 e. The fourth-order valence-electron chi connectivity index (χ4n) is 4.44. The van der Waals surface area contributed by atoms with Crippen molar-refractivity contribution in [1.82, 2.24) is 0 Å². The molecular formula is C20H32O5S. The molecule has 1 N–H and O–H groups in total. The molecule has 3 aliphatic heterocycles. The highest BCUT2D eigenvalue weighted by atomic mass is 32.2. The second kappa shape index (κ2) is 9.47. The average molecular weight is 385 g/mol. The monoisotopic (exact) mass is 384 g/mol. The molecule has 0 aliphatic carbocycles. The lowest BCUT2D eigenvalue weighted by Gasteiger charge is -2.24. The van der Waals surface area contributed by atoms with Gasteiger partial charge in [0.05, 0.1) is 12.2 Å². The summed E-state index contributed by atoms with van der Waals surface area (Å²) in [5, 5.41) is 8.67. The topological polar surface area (TPSA) is 76.1 Å². The molecule has 0 amide bonds. The Morgan fingerprint density at radius 3 is 2.46 bits per heavy atom. The Kier molecular flexibility index (Phi) is 7.29. The van der Waals surface area contributed by atoms with Gasteiger partial charge in [0.25, 0.3) is 0 Å². The molecule has 3 aliphatic rings. The third-order valence-electron chi connectivity index (χ3n) is 5.86. The summed E-state index contributed by atoms with van der Waals surface area (Å²) in [5.41, 5.74) is 0. The molecule has 0 radical (unpaired) electrons. The highest BCUT2D eigenvalue weighted by molar-refractivity contribution is 7.84. The van der Waals surface area contributed by atoms with Gasteiger partial charge in [-0.1, -0.05) is 38.3 Å². The molecule has 6 heteroatoms. The number of allylic oxidation sites excluding steroid dienone is 2. The van der Waals surface area contributed by atoms with Crippen molar-refractivity contribution in [2.75, 3.05) is 11.5 Å². The van der Waals surface area contributed by atoms with Crippen LogP contribution in [0.1, 0.15) is 58.3 Å². The van der Waals surface area contributed by atoms with Crippen LogP contribution in [0.15, 0.2) is 12.2 Å². The fourth-order valence-corrected chi connectivity index (χ4v) is 5.99. The second-order valence-electron chi connectivity index (χ2n) is 7.82. The standard InChI is InChI=1S/C20H32O5S/c1-2-3-4-9-12-26(23)13-15-14(10-7-5-6-8-11-16(21)22)17-19-20(25-19)18(15)24-17/h5,7,14-15,17-20H,2-4,6,8-13H2,1H3,(H,21,22)/t14-,15+,17+,18-,19-,20+,26?/m1/s1. The molecule has 1 unspecified atom stereocenters. The van der Waals surface area contributed by atoms with E-state index in [9.17, 15) is 9.00 Å². The van der Waals surface area contributed by atoms with Crippen LogP contribution >= 0.6 is 0 Å². The zero-order chi connectivity index (χ0) is 18.5. The zero-order valence-electron chi connectivity index (χ0n) is 15.7. The van der Waals surface area contributed by atoms with Gasteiger partial charge < -0.3 is 14.6 Å². The van der Waals surface area contributed by atoms with Gasteiger partial charge in [-0.25, -0.2) is 0 Å². The number of aliphatic carboxylic acids is 1. The molecule has 0 aromatic carbocycles. The first-order chi connectivity index (χ1) is 12.6.